The Labute approximate surface area is 265 Å². The Balaban J connectivity index is 0.000000299. The smallest absolute Gasteiger partial charge is 0.328 e. The number of halogens is 1. The number of carboxylic acids is 4. The average molecular weight is 646 g/mol. The quantitative estimate of drug-likeness (QED) is 0.320. The average Bonchev–Trinajstić information content (AvgIpc) is 3.40. The van der Waals surface area contributed by atoms with E-state index in [0.29, 0.717) is 24.3 Å². The monoisotopic (exact) mass is 645 g/mol. The van der Waals surface area contributed by atoms with E-state index in [2.05, 4.69) is 41.4 Å². The first-order chi connectivity index (χ1) is 21.6. The number of aromatic nitrogens is 2. The Hall–Kier alpha value is -4.56. The Morgan fingerprint density at radius 1 is 0.957 bits per heavy atom. The third-order valence-corrected chi connectivity index (χ3v) is 8.37. The summed E-state index contributed by atoms with van der Waals surface area (Å²) in [5, 5.41) is 31.2. The summed E-state index contributed by atoms with van der Waals surface area (Å²) in [6, 6.07) is 4.82. The number of piperidine rings is 1. The van der Waals surface area contributed by atoms with Gasteiger partial charge in [0.2, 0.25) is 0 Å². The van der Waals surface area contributed by atoms with E-state index in [0.717, 1.165) is 69.2 Å². The van der Waals surface area contributed by atoms with Gasteiger partial charge < -0.3 is 39.4 Å². The van der Waals surface area contributed by atoms with Gasteiger partial charge in [0.1, 0.15) is 23.0 Å². The lowest BCUT2D eigenvalue weighted by atomic mass is 9.64. The second-order valence-corrected chi connectivity index (χ2v) is 12.0. The third-order valence-electron chi connectivity index (χ3n) is 8.37. The highest BCUT2D eigenvalue weighted by Gasteiger charge is 2.52. The highest BCUT2D eigenvalue weighted by Crippen LogP contribution is 2.55. The molecule has 4 heterocycles. The Morgan fingerprint density at radius 2 is 1.52 bits per heavy atom. The number of likely N-dealkylation sites (tertiary alicyclic amines) is 1. The van der Waals surface area contributed by atoms with Gasteiger partial charge in [0, 0.05) is 61.3 Å². The number of carboxylic acid groups (broad SMARTS) is 4. The molecular weight excluding hydrogens is 605 g/mol. The van der Waals surface area contributed by atoms with E-state index in [1.807, 2.05) is 6.20 Å². The van der Waals surface area contributed by atoms with Crippen LogP contribution in [0.1, 0.15) is 50.6 Å². The summed E-state index contributed by atoms with van der Waals surface area (Å²) in [6.45, 7) is 11.4. The molecule has 2 fully saturated rings. The molecule has 0 saturated carbocycles. The van der Waals surface area contributed by atoms with E-state index < -0.39 is 23.9 Å². The molecular formula is C32H40FN3O10. The van der Waals surface area contributed by atoms with E-state index >= 15 is 0 Å². The van der Waals surface area contributed by atoms with E-state index in [4.69, 9.17) is 29.9 Å². The zero-order chi connectivity index (χ0) is 34.1. The first-order valence-corrected chi connectivity index (χ1v) is 14.7. The number of benzene rings is 1. The zero-order valence-electron chi connectivity index (χ0n) is 26.0. The predicted molar refractivity (Wildman–Crippen MR) is 162 cm³/mol. The fourth-order valence-corrected chi connectivity index (χ4v) is 5.90. The van der Waals surface area contributed by atoms with E-state index in [1.54, 1.807) is 12.1 Å². The minimum absolute atomic E-state index is 0.0766. The van der Waals surface area contributed by atoms with Gasteiger partial charge in [-0.1, -0.05) is 0 Å². The first-order valence-electron chi connectivity index (χ1n) is 14.7. The fraction of sp³-hybridized carbons (Fsp3) is 0.469. The molecule has 14 heteroatoms. The van der Waals surface area contributed by atoms with Crippen molar-refractivity contribution in [3.63, 3.8) is 0 Å². The van der Waals surface area contributed by atoms with Crippen LogP contribution in [0.4, 0.5) is 4.39 Å². The molecule has 0 aliphatic carbocycles. The van der Waals surface area contributed by atoms with Crippen LogP contribution in [0, 0.1) is 24.1 Å². The maximum Gasteiger partial charge on any atom is 0.328 e. The number of carbonyl (C=O) groups is 4. The zero-order valence-corrected chi connectivity index (χ0v) is 26.0. The normalized spacial score (nSPS) is 21.1. The van der Waals surface area contributed by atoms with Gasteiger partial charge in [0.05, 0.1) is 12.7 Å². The molecule has 250 valence electrons. The predicted octanol–water partition coefficient (Wildman–Crippen LogP) is 3.79. The van der Waals surface area contributed by atoms with Gasteiger partial charge in [-0.15, -0.1) is 0 Å². The number of aryl methyl sites for hydroxylation is 1. The highest BCUT2D eigenvalue weighted by atomic mass is 19.1. The van der Waals surface area contributed by atoms with Crippen molar-refractivity contribution in [1.82, 2.24) is 14.5 Å². The number of nitrogens with zero attached hydrogens (tertiary/aromatic N) is 3. The molecule has 3 aliphatic heterocycles. The molecule has 2 saturated heterocycles. The molecule has 5 rings (SSSR count). The van der Waals surface area contributed by atoms with Crippen LogP contribution < -0.4 is 4.74 Å². The topological polar surface area (TPSA) is 189 Å². The van der Waals surface area contributed by atoms with Crippen LogP contribution >= 0.6 is 0 Å². The van der Waals surface area contributed by atoms with Gasteiger partial charge in [-0.2, -0.15) is 0 Å². The third kappa shape index (κ3) is 10.2. The summed E-state index contributed by atoms with van der Waals surface area (Å²) >= 11 is 0. The van der Waals surface area contributed by atoms with Crippen molar-refractivity contribution in [2.24, 2.45) is 11.3 Å². The van der Waals surface area contributed by atoms with Gasteiger partial charge in [-0.05, 0) is 76.7 Å². The van der Waals surface area contributed by atoms with Gasteiger partial charge >= 0.3 is 23.9 Å². The summed E-state index contributed by atoms with van der Waals surface area (Å²) in [7, 11) is 0. The summed E-state index contributed by atoms with van der Waals surface area (Å²) in [5.41, 5.74) is 0.759. The van der Waals surface area contributed by atoms with Crippen LogP contribution in [0.15, 0.2) is 54.9 Å². The minimum Gasteiger partial charge on any atom is -0.487 e. The summed E-state index contributed by atoms with van der Waals surface area (Å²) in [4.78, 5) is 45.1. The highest BCUT2D eigenvalue weighted by molar-refractivity contribution is 5.90. The molecule has 0 bridgehead atoms. The lowest BCUT2D eigenvalue weighted by molar-refractivity contribution is -0.174. The fourth-order valence-electron chi connectivity index (χ4n) is 5.90. The second-order valence-electron chi connectivity index (χ2n) is 12.0. The van der Waals surface area contributed by atoms with Gasteiger partial charge in [-0.25, -0.2) is 28.6 Å². The van der Waals surface area contributed by atoms with Crippen LogP contribution in [0.3, 0.4) is 0 Å². The molecule has 1 aromatic heterocycles. The number of fused-ring (bicyclic) bond motifs is 3. The molecule has 1 spiro atoms. The van der Waals surface area contributed by atoms with E-state index in [1.165, 1.54) is 6.07 Å². The number of hydrogen-bond acceptors (Lipinski definition) is 8. The number of rotatable bonds is 7. The molecule has 4 N–H and O–H groups in total. The molecule has 0 unspecified atom stereocenters. The molecule has 2 aromatic rings. The van der Waals surface area contributed by atoms with Gasteiger partial charge in [0.25, 0.3) is 0 Å². The standard InChI is InChI=1S/C24H32FN3O2.2C4H4O4/c1-17-26-8-11-28(17)13-12-27-9-6-24(7-10-27)15-20-22(29-16-24)19-14-18(25)4-5-21(19)30-23(20,2)3;2*5-3(6)1-2-4(7)8/h4-5,8,11,14,20,22H,6-7,9-10,12-13,15-16H2,1-3H3;2*1-2H,(H,5,6)(H,7,8)/b;2*2-1+/t20-,22+;;/m0../s1. The van der Waals surface area contributed by atoms with Crippen LogP contribution in [-0.2, 0) is 30.5 Å². The maximum atomic E-state index is 13.9. The van der Waals surface area contributed by atoms with Crippen molar-refractivity contribution in [3.05, 3.63) is 72.1 Å². The lowest BCUT2D eigenvalue weighted by Crippen LogP contribution is -2.54. The van der Waals surface area contributed by atoms with Crippen molar-refractivity contribution in [2.45, 2.75) is 58.3 Å². The van der Waals surface area contributed by atoms with Crippen molar-refractivity contribution < 1.29 is 53.5 Å². The van der Waals surface area contributed by atoms with E-state index in [-0.39, 0.29) is 28.9 Å². The minimum atomic E-state index is -1.26. The van der Waals surface area contributed by atoms with Gasteiger partial charge in [-0.3, -0.25) is 0 Å². The number of ether oxygens (including phenoxy) is 2. The Morgan fingerprint density at radius 3 is 2.02 bits per heavy atom. The van der Waals surface area contributed by atoms with Crippen molar-refractivity contribution in [2.75, 3.05) is 26.2 Å². The van der Waals surface area contributed by atoms with Gasteiger partial charge in [0.15, 0.2) is 0 Å². The number of imidazole rings is 1. The summed E-state index contributed by atoms with van der Waals surface area (Å²) in [6.07, 6.45) is 9.45. The molecule has 1 aromatic carbocycles. The molecule has 46 heavy (non-hydrogen) atoms. The lowest BCUT2D eigenvalue weighted by Gasteiger charge is -2.54. The molecule has 2 atom stereocenters. The van der Waals surface area contributed by atoms with Crippen LogP contribution in [0.2, 0.25) is 0 Å². The van der Waals surface area contributed by atoms with Crippen molar-refractivity contribution in [3.8, 4) is 5.75 Å². The Bertz CT molecular complexity index is 1390. The summed E-state index contributed by atoms with van der Waals surface area (Å²) in [5.74, 6) is -3.17. The largest absolute Gasteiger partial charge is 0.487 e. The molecule has 3 aliphatic rings. The van der Waals surface area contributed by atoms with E-state index in [9.17, 15) is 23.6 Å². The number of aliphatic carboxylic acids is 4. The molecule has 0 amide bonds. The molecule has 0 radical (unpaired) electrons. The van der Waals surface area contributed by atoms with Crippen molar-refractivity contribution >= 4 is 23.9 Å². The summed E-state index contributed by atoms with van der Waals surface area (Å²) < 4.78 is 28.9. The van der Waals surface area contributed by atoms with Crippen LogP contribution in [0.25, 0.3) is 0 Å². The van der Waals surface area contributed by atoms with Crippen LogP contribution in [0.5, 0.6) is 5.75 Å². The van der Waals surface area contributed by atoms with Crippen molar-refractivity contribution in [1.29, 1.82) is 0 Å². The second kappa shape index (κ2) is 15.6. The molecule has 13 nitrogen and oxygen atoms in total. The van der Waals surface area contributed by atoms with Crippen LogP contribution in [-0.4, -0.2) is 90.6 Å². The Kier molecular flexibility index (Phi) is 12.2. The first kappa shape index (κ1) is 35.9. The number of hydrogen-bond donors (Lipinski definition) is 4. The maximum absolute atomic E-state index is 13.9. The SMILES string of the molecule is Cc1nccn1CCN1CCC2(CC1)CO[C@@H]1c3cc(F)ccc3OC(C)(C)[C@H]1C2.O=C(O)/C=C/C(=O)O.O=C(O)/C=C/C(=O)O.